The highest BCUT2D eigenvalue weighted by atomic mass is 19.4. The van der Waals surface area contributed by atoms with Gasteiger partial charge in [0.25, 0.3) is 17.7 Å². The number of benzene rings is 2. The van der Waals surface area contributed by atoms with Crippen LogP contribution in [0.3, 0.4) is 0 Å². The predicted molar refractivity (Wildman–Crippen MR) is 131 cm³/mol. The Morgan fingerprint density at radius 1 is 1.13 bits per heavy atom. The molecule has 4 rings (SSSR count). The predicted octanol–water partition coefficient (Wildman–Crippen LogP) is 5.47. The van der Waals surface area contributed by atoms with Crippen molar-refractivity contribution in [2.45, 2.75) is 44.5 Å². The molecule has 0 radical (unpaired) electrons. The molecule has 1 unspecified atom stereocenters. The molecule has 3 aromatic rings. The first-order chi connectivity index (χ1) is 18.3. The minimum absolute atomic E-state index is 0.0433. The maximum absolute atomic E-state index is 14.2. The Labute approximate surface area is 219 Å². The molecule has 1 aliphatic rings. The first-order valence-electron chi connectivity index (χ1n) is 11.9. The van der Waals surface area contributed by atoms with Crippen LogP contribution < -0.4 is 10.2 Å². The summed E-state index contributed by atoms with van der Waals surface area (Å²) in [4.78, 5) is 28.1. The van der Waals surface area contributed by atoms with Crippen LogP contribution in [0, 0.1) is 12.7 Å². The van der Waals surface area contributed by atoms with Crippen molar-refractivity contribution < 1.29 is 35.9 Å². The summed E-state index contributed by atoms with van der Waals surface area (Å²) in [5.41, 5.74) is 0.120. The maximum atomic E-state index is 14.2. The number of carbonyl (C=O) groups is 2. The Hall–Kier alpha value is -4.09. The molecule has 2 amide bonds. The van der Waals surface area contributed by atoms with Crippen molar-refractivity contribution in [2.24, 2.45) is 0 Å². The Morgan fingerprint density at radius 2 is 1.79 bits per heavy atom. The summed E-state index contributed by atoms with van der Waals surface area (Å²) in [5, 5.41) is 6.63. The van der Waals surface area contributed by atoms with E-state index in [0.29, 0.717) is 16.3 Å². The lowest BCUT2D eigenvalue weighted by Crippen LogP contribution is -2.55. The number of hydrogen-bond acceptors (Lipinski definition) is 3. The van der Waals surface area contributed by atoms with Gasteiger partial charge in [0.1, 0.15) is 24.2 Å². The highest BCUT2D eigenvalue weighted by Crippen LogP contribution is 2.43. The Balaban J connectivity index is 1.84. The summed E-state index contributed by atoms with van der Waals surface area (Å²) in [5.74, 6) is -6.71. The van der Waals surface area contributed by atoms with Crippen molar-refractivity contribution in [3.05, 3.63) is 95.0 Å². The lowest BCUT2D eigenvalue weighted by molar-refractivity contribution is -0.142. The van der Waals surface area contributed by atoms with Gasteiger partial charge >= 0.3 is 6.18 Å². The molecule has 0 spiro atoms. The lowest BCUT2D eigenvalue weighted by atomic mass is 9.81. The molecule has 0 aliphatic carbocycles. The Kier molecular flexibility index (Phi) is 7.33. The van der Waals surface area contributed by atoms with Gasteiger partial charge in [-0.1, -0.05) is 30.8 Å². The molecule has 0 saturated carbocycles. The van der Waals surface area contributed by atoms with Gasteiger partial charge in [0.05, 0.1) is 5.69 Å². The number of hydrogen-bond donors (Lipinski definition) is 1. The molecule has 1 N–H and O–H groups in total. The largest absolute Gasteiger partial charge is 0.408 e. The topological polar surface area (TPSA) is 67.2 Å². The Bertz CT molecular complexity index is 1410. The number of amides is 2. The van der Waals surface area contributed by atoms with Crippen LogP contribution in [0.1, 0.15) is 45.6 Å². The molecule has 0 saturated heterocycles. The van der Waals surface area contributed by atoms with Crippen LogP contribution in [0.2, 0.25) is 0 Å². The standard InChI is InChI=1S/C27H24F6N4O2/c1-4-26(29,30)18-8-6-7-17(13-18)23(38)34-22-21(16-9-11-19(28)12-10-16)20-15(3)35-37(14-27(31,32)33)24(20)36(5-2)25(22)39/h4,6-13,21-22H,1,5,14H2,2-3H3,(H,34,38)/t21-,22?/m0/s1. The van der Waals surface area contributed by atoms with E-state index in [-0.39, 0.29) is 29.2 Å². The first kappa shape index (κ1) is 27.9. The van der Waals surface area contributed by atoms with E-state index in [1.165, 1.54) is 31.2 Å². The van der Waals surface area contributed by atoms with Crippen LogP contribution in [-0.2, 0) is 17.3 Å². The third-order valence-corrected chi connectivity index (χ3v) is 6.50. The second-order valence-corrected chi connectivity index (χ2v) is 9.07. The number of rotatable bonds is 7. The first-order valence-corrected chi connectivity index (χ1v) is 11.9. The second kappa shape index (κ2) is 10.2. The molecule has 1 aromatic heterocycles. The van der Waals surface area contributed by atoms with Crippen molar-refractivity contribution in [2.75, 3.05) is 11.4 Å². The molecule has 12 heteroatoms. The molecule has 206 valence electrons. The summed E-state index contributed by atoms with van der Waals surface area (Å²) >= 11 is 0. The van der Waals surface area contributed by atoms with Crippen molar-refractivity contribution >= 4 is 17.6 Å². The van der Waals surface area contributed by atoms with Gasteiger partial charge in [-0.05, 0) is 49.8 Å². The molecule has 1 aliphatic heterocycles. The number of halogens is 6. The Morgan fingerprint density at radius 3 is 2.38 bits per heavy atom. The number of alkyl halides is 5. The highest BCUT2D eigenvalue weighted by Gasteiger charge is 2.46. The van der Waals surface area contributed by atoms with Crippen molar-refractivity contribution in [1.29, 1.82) is 0 Å². The number of anilines is 1. The van der Waals surface area contributed by atoms with E-state index < -0.39 is 53.8 Å². The zero-order valence-electron chi connectivity index (χ0n) is 20.9. The van der Waals surface area contributed by atoms with Crippen LogP contribution in [0.5, 0.6) is 0 Å². The van der Waals surface area contributed by atoms with Gasteiger partial charge < -0.3 is 5.32 Å². The third-order valence-electron chi connectivity index (χ3n) is 6.50. The molecule has 2 aromatic carbocycles. The van der Waals surface area contributed by atoms with E-state index in [2.05, 4.69) is 17.0 Å². The number of fused-ring (bicyclic) bond motifs is 1. The van der Waals surface area contributed by atoms with Crippen LogP contribution in [-0.4, -0.2) is 40.4 Å². The van der Waals surface area contributed by atoms with Gasteiger partial charge in [-0.2, -0.15) is 27.1 Å². The smallest absolute Gasteiger partial charge is 0.339 e. The van der Waals surface area contributed by atoms with Crippen molar-refractivity contribution in [3.8, 4) is 0 Å². The number of aromatic nitrogens is 2. The highest BCUT2D eigenvalue weighted by molar-refractivity contribution is 6.05. The van der Waals surface area contributed by atoms with Crippen LogP contribution in [0.4, 0.5) is 32.2 Å². The summed E-state index contributed by atoms with van der Waals surface area (Å²) in [7, 11) is 0. The number of likely N-dealkylation sites (N-methyl/N-ethyl adjacent to an activating group) is 1. The van der Waals surface area contributed by atoms with Crippen LogP contribution in [0.15, 0.2) is 61.2 Å². The molecule has 2 atom stereocenters. The summed E-state index contributed by atoms with van der Waals surface area (Å²) in [6, 6.07) is 8.25. The van der Waals surface area contributed by atoms with Gasteiger partial charge in [-0.15, -0.1) is 0 Å². The van der Waals surface area contributed by atoms with E-state index in [1.807, 2.05) is 0 Å². The summed E-state index contributed by atoms with van der Waals surface area (Å²) in [6.07, 6.45) is -4.20. The van der Waals surface area contributed by atoms with E-state index in [0.717, 1.165) is 29.2 Å². The minimum atomic E-state index is -4.64. The fourth-order valence-corrected chi connectivity index (χ4v) is 4.78. The van der Waals surface area contributed by atoms with Crippen molar-refractivity contribution in [1.82, 2.24) is 15.1 Å². The number of carbonyl (C=O) groups excluding carboxylic acids is 2. The molecular formula is C27H24F6N4O2. The van der Waals surface area contributed by atoms with Gasteiger partial charge in [0, 0.05) is 29.2 Å². The SMILES string of the molecule is C=CC(F)(F)c1cccc(C(=O)NC2C(=O)N(CC)c3c(c(C)nn3CC(F)(F)F)[C@@H]2c2ccc(F)cc2)c1. The quantitative estimate of drug-likeness (QED) is 0.314. The monoisotopic (exact) mass is 550 g/mol. The van der Waals surface area contributed by atoms with Crippen LogP contribution in [0.25, 0.3) is 0 Å². The zero-order valence-corrected chi connectivity index (χ0v) is 20.9. The van der Waals surface area contributed by atoms with E-state index >= 15 is 0 Å². The summed E-state index contributed by atoms with van der Waals surface area (Å²) < 4.78 is 82.9. The van der Waals surface area contributed by atoms with Gasteiger partial charge in [-0.25, -0.2) is 9.07 Å². The number of allylic oxidation sites excluding steroid dienone is 1. The number of nitrogens with zero attached hydrogens (tertiary/aromatic N) is 3. The summed E-state index contributed by atoms with van der Waals surface area (Å²) in [6.45, 7) is 4.64. The number of nitrogens with one attached hydrogen (secondary N) is 1. The normalized spacial score (nSPS) is 17.6. The van der Waals surface area contributed by atoms with E-state index in [4.69, 9.17) is 0 Å². The van der Waals surface area contributed by atoms with Gasteiger partial charge in [-0.3, -0.25) is 14.5 Å². The lowest BCUT2D eigenvalue weighted by Gasteiger charge is -2.38. The van der Waals surface area contributed by atoms with Gasteiger partial charge in [0.2, 0.25) is 0 Å². The van der Waals surface area contributed by atoms with Crippen LogP contribution >= 0.6 is 0 Å². The average Bonchev–Trinajstić information content (AvgIpc) is 3.18. The minimum Gasteiger partial charge on any atom is -0.339 e. The maximum Gasteiger partial charge on any atom is 0.408 e. The third kappa shape index (κ3) is 5.41. The molecular weight excluding hydrogens is 526 g/mol. The molecule has 6 nitrogen and oxygen atoms in total. The molecule has 2 heterocycles. The van der Waals surface area contributed by atoms with Crippen molar-refractivity contribution in [3.63, 3.8) is 0 Å². The van der Waals surface area contributed by atoms with Gasteiger partial charge in [0.15, 0.2) is 0 Å². The molecule has 0 bridgehead atoms. The second-order valence-electron chi connectivity index (χ2n) is 9.07. The van der Waals surface area contributed by atoms with E-state index in [9.17, 15) is 35.9 Å². The number of aryl methyl sites for hydroxylation is 1. The zero-order chi connectivity index (χ0) is 28.7. The fraction of sp³-hybridized carbons (Fsp3) is 0.296. The average molecular weight is 551 g/mol. The fourth-order valence-electron chi connectivity index (χ4n) is 4.78. The molecule has 39 heavy (non-hydrogen) atoms. The van der Waals surface area contributed by atoms with E-state index in [1.54, 1.807) is 6.92 Å². The molecule has 0 fully saturated rings.